The van der Waals surface area contributed by atoms with Crippen LogP contribution < -0.4 is 9.47 Å². The lowest BCUT2D eigenvalue weighted by Crippen LogP contribution is -2.74. The van der Waals surface area contributed by atoms with Crippen LogP contribution in [0.1, 0.15) is 44.6 Å². The standard InChI is InChI=1S/C22H29NO4/c1-3-10-23-11-9-22-16-5-4-6-17(26-2)18(16)27-19(22)14-7-8-21(22,20(23)25)15(12-14)13-24/h4-6,14-15,19,24H,3,7-13H2,1-2H3. The number of carbonyl (C=O) groups is 1. The van der Waals surface area contributed by atoms with Gasteiger partial charge in [-0.2, -0.15) is 0 Å². The number of methoxy groups -OCH3 is 1. The van der Waals surface area contributed by atoms with Gasteiger partial charge in [0.1, 0.15) is 6.10 Å². The molecule has 5 unspecified atom stereocenters. The van der Waals surface area contributed by atoms with Crippen molar-refractivity contribution in [1.29, 1.82) is 0 Å². The van der Waals surface area contributed by atoms with Gasteiger partial charge in [-0.15, -0.1) is 0 Å². The molecule has 2 heterocycles. The Kier molecular flexibility index (Phi) is 3.77. The van der Waals surface area contributed by atoms with Gasteiger partial charge in [0.05, 0.1) is 17.9 Å². The molecule has 3 aliphatic carbocycles. The molecule has 0 aromatic heterocycles. The number of amides is 1. The largest absolute Gasteiger partial charge is 0.493 e. The maximum absolute atomic E-state index is 13.9. The summed E-state index contributed by atoms with van der Waals surface area (Å²) >= 11 is 0. The van der Waals surface area contributed by atoms with Crippen molar-refractivity contribution in [3.63, 3.8) is 0 Å². The second-order valence-corrected chi connectivity index (χ2v) is 8.77. The Hall–Kier alpha value is -1.75. The van der Waals surface area contributed by atoms with E-state index in [4.69, 9.17) is 9.47 Å². The molecule has 2 spiro atoms. The van der Waals surface area contributed by atoms with Gasteiger partial charge in [0, 0.05) is 25.3 Å². The van der Waals surface area contributed by atoms with Crippen LogP contribution in [-0.4, -0.2) is 48.8 Å². The molecule has 4 fully saturated rings. The van der Waals surface area contributed by atoms with Gasteiger partial charge < -0.3 is 19.5 Å². The minimum absolute atomic E-state index is 0.0143. The van der Waals surface area contributed by atoms with E-state index in [9.17, 15) is 9.90 Å². The zero-order valence-corrected chi connectivity index (χ0v) is 16.2. The fourth-order valence-electron chi connectivity index (χ4n) is 7.07. The predicted molar refractivity (Wildman–Crippen MR) is 101 cm³/mol. The summed E-state index contributed by atoms with van der Waals surface area (Å²) in [6.45, 7) is 3.78. The topological polar surface area (TPSA) is 59.0 Å². The van der Waals surface area contributed by atoms with E-state index >= 15 is 0 Å². The first-order chi connectivity index (χ1) is 13.1. The molecule has 1 N–H and O–H groups in total. The van der Waals surface area contributed by atoms with E-state index in [0.717, 1.165) is 62.3 Å². The molecule has 1 aromatic carbocycles. The third-order valence-corrected chi connectivity index (χ3v) is 7.99. The third kappa shape index (κ3) is 1.86. The second kappa shape index (κ2) is 5.87. The highest BCUT2D eigenvalue weighted by atomic mass is 16.5. The summed E-state index contributed by atoms with van der Waals surface area (Å²) in [5, 5.41) is 10.3. The van der Waals surface area contributed by atoms with Crippen LogP contribution in [0.5, 0.6) is 11.5 Å². The van der Waals surface area contributed by atoms with Gasteiger partial charge in [0.25, 0.3) is 0 Å². The number of carbonyl (C=O) groups excluding carboxylic acids is 1. The fourth-order valence-corrected chi connectivity index (χ4v) is 7.07. The molecule has 5 heteroatoms. The highest BCUT2D eigenvalue weighted by Crippen LogP contribution is 2.71. The smallest absolute Gasteiger partial charge is 0.230 e. The molecule has 146 valence electrons. The lowest BCUT2D eigenvalue weighted by molar-refractivity contribution is -0.199. The van der Waals surface area contributed by atoms with E-state index in [1.165, 1.54) is 0 Å². The molecule has 5 aliphatic rings. The summed E-state index contributed by atoms with van der Waals surface area (Å²) < 4.78 is 12.2. The molecular formula is C22H29NO4. The highest BCUT2D eigenvalue weighted by molar-refractivity contribution is 5.88. The van der Waals surface area contributed by atoms with Crippen molar-refractivity contribution in [3.05, 3.63) is 23.8 Å². The second-order valence-electron chi connectivity index (χ2n) is 8.77. The normalized spacial score (nSPS) is 38.9. The predicted octanol–water partition coefficient (Wildman–Crippen LogP) is 2.74. The molecule has 2 bridgehead atoms. The van der Waals surface area contributed by atoms with Crippen LogP contribution in [0, 0.1) is 17.3 Å². The number of likely N-dealkylation sites (tertiary alicyclic amines) is 1. The first-order valence-electron chi connectivity index (χ1n) is 10.4. The Labute approximate surface area is 160 Å². The molecule has 1 saturated heterocycles. The Morgan fingerprint density at radius 1 is 1.33 bits per heavy atom. The molecule has 5 atom stereocenters. The number of aliphatic hydroxyl groups excluding tert-OH is 1. The van der Waals surface area contributed by atoms with Gasteiger partial charge in [-0.3, -0.25) is 4.79 Å². The molecular weight excluding hydrogens is 342 g/mol. The van der Waals surface area contributed by atoms with Gasteiger partial charge in [-0.1, -0.05) is 19.1 Å². The number of piperidine rings is 1. The summed E-state index contributed by atoms with van der Waals surface area (Å²) in [5.41, 5.74) is 0.262. The quantitative estimate of drug-likeness (QED) is 0.884. The van der Waals surface area contributed by atoms with Crippen LogP contribution >= 0.6 is 0 Å². The van der Waals surface area contributed by atoms with Gasteiger partial charge in [-0.05, 0) is 50.0 Å². The molecule has 0 radical (unpaired) electrons. The number of hydrogen-bond acceptors (Lipinski definition) is 4. The van der Waals surface area contributed by atoms with Crippen molar-refractivity contribution >= 4 is 5.91 Å². The van der Waals surface area contributed by atoms with Crippen LogP contribution in [0.3, 0.4) is 0 Å². The number of ether oxygens (including phenoxy) is 2. The number of fused-ring (bicyclic) bond motifs is 3. The monoisotopic (exact) mass is 371 g/mol. The van der Waals surface area contributed by atoms with Crippen LogP contribution in [0.4, 0.5) is 0 Å². The Balaban J connectivity index is 1.74. The molecule has 27 heavy (non-hydrogen) atoms. The maximum Gasteiger partial charge on any atom is 0.230 e. The fraction of sp³-hybridized carbons (Fsp3) is 0.682. The van der Waals surface area contributed by atoms with Crippen LogP contribution in [0.15, 0.2) is 18.2 Å². The number of hydrogen-bond donors (Lipinski definition) is 1. The van der Waals surface area contributed by atoms with Crippen molar-refractivity contribution in [2.45, 2.75) is 50.5 Å². The Bertz CT molecular complexity index is 780. The van der Waals surface area contributed by atoms with Crippen molar-refractivity contribution < 1.29 is 19.4 Å². The molecule has 2 aliphatic heterocycles. The first kappa shape index (κ1) is 17.4. The van der Waals surface area contributed by atoms with E-state index < -0.39 is 5.41 Å². The van der Waals surface area contributed by atoms with Crippen molar-refractivity contribution in [2.75, 3.05) is 26.8 Å². The lowest BCUT2D eigenvalue weighted by atomic mass is 9.39. The molecule has 1 aromatic rings. The molecule has 1 amide bonds. The van der Waals surface area contributed by atoms with E-state index in [2.05, 4.69) is 17.9 Å². The maximum atomic E-state index is 13.9. The van der Waals surface area contributed by atoms with Crippen molar-refractivity contribution in [1.82, 2.24) is 4.90 Å². The summed E-state index contributed by atoms with van der Waals surface area (Å²) in [6, 6.07) is 6.10. The number of para-hydroxylation sites is 1. The van der Waals surface area contributed by atoms with Crippen LogP contribution in [0.2, 0.25) is 0 Å². The first-order valence-corrected chi connectivity index (χ1v) is 10.4. The minimum atomic E-state index is -0.549. The average Bonchev–Trinajstić information content (AvgIpc) is 3.07. The van der Waals surface area contributed by atoms with E-state index in [-0.39, 0.29) is 30.0 Å². The Morgan fingerprint density at radius 2 is 2.19 bits per heavy atom. The zero-order valence-electron chi connectivity index (χ0n) is 16.2. The third-order valence-electron chi connectivity index (χ3n) is 7.99. The molecule has 3 saturated carbocycles. The van der Waals surface area contributed by atoms with Gasteiger partial charge in [0.15, 0.2) is 11.5 Å². The number of benzene rings is 1. The average molecular weight is 371 g/mol. The summed E-state index contributed by atoms with van der Waals surface area (Å²) in [6.07, 6.45) is 4.64. The zero-order chi connectivity index (χ0) is 18.8. The van der Waals surface area contributed by atoms with Crippen molar-refractivity contribution in [3.8, 4) is 11.5 Å². The highest BCUT2D eigenvalue weighted by Gasteiger charge is 2.75. The molecule has 6 rings (SSSR count). The summed E-state index contributed by atoms with van der Waals surface area (Å²) in [4.78, 5) is 16.0. The lowest BCUT2D eigenvalue weighted by Gasteiger charge is -2.66. The molecule has 5 nitrogen and oxygen atoms in total. The number of nitrogens with zero attached hydrogens (tertiary/aromatic N) is 1. The van der Waals surface area contributed by atoms with E-state index in [1.54, 1.807) is 7.11 Å². The Morgan fingerprint density at radius 3 is 2.93 bits per heavy atom. The van der Waals surface area contributed by atoms with Gasteiger partial charge in [0.2, 0.25) is 5.91 Å². The van der Waals surface area contributed by atoms with Gasteiger partial charge in [-0.25, -0.2) is 0 Å². The van der Waals surface area contributed by atoms with E-state index in [1.807, 2.05) is 12.1 Å². The number of rotatable bonds is 4. The van der Waals surface area contributed by atoms with E-state index in [0.29, 0.717) is 5.92 Å². The van der Waals surface area contributed by atoms with Crippen molar-refractivity contribution in [2.24, 2.45) is 17.3 Å². The SMILES string of the molecule is CCCN1CCC23c4cccc(OC)c4OC2C2CCC3(C1=O)C(CO)C2. The number of aliphatic hydroxyl groups is 1. The summed E-state index contributed by atoms with van der Waals surface area (Å²) in [7, 11) is 1.68. The van der Waals surface area contributed by atoms with Crippen LogP contribution in [-0.2, 0) is 10.2 Å². The summed E-state index contributed by atoms with van der Waals surface area (Å²) in [5.74, 6) is 2.25. The minimum Gasteiger partial charge on any atom is -0.493 e. The van der Waals surface area contributed by atoms with Gasteiger partial charge >= 0.3 is 0 Å². The van der Waals surface area contributed by atoms with Crippen LogP contribution in [0.25, 0.3) is 0 Å².